The minimum absolute atomic E-state index is 0.197. The van der Waals surface area contributed by atoms with E-state index >= 15 is 0 Å². The highest BCUT2D eigenvalue weighted by molar-refractivity contribution is 7.86. The van der Waals surface area contributed by atoms with E-state index in [1.54, 1.807) is 8.61 Å². The third kappa shape index (κ3) is 1.66. The predicted molar refractivity (Wildman–Crippen MR) is 58.1 cm³/mol. The summed E-state index contributed by atoms with van der Waals surface area (Å²) in [6.07, 6.45) is 3.48. The summed E-state index contributed by atoms with van der Waals surface area (Å²) < 4.78 is 27.6. The smallest absolute Gasteiger partial charge is 0.195 e. The number of rotatable bonds is 2. The van der Waals surface area contributed by atoms with Gasteiger partial charge in [-0.25, -0.2) is 0 Å². The van der Waals surface area contributed by atoms with Crippen LogP contribution in [-0.2, 0) is 10.2 Å². The molecule has 0 radical (unpaired) electrons. The van der Waals surface area contributed by atoms with E-state index in [2.05, 4.69) is 10.2 Å². The van der Waals surface area contributed by atoms with Gasteiger partial charge in [0.1, 0.15) is 0 Å². The fourth-order valence-corrected chi connectivity index (χ4v) is 4.12. The zero-order chi connectivity index (χ0) is 11.2. The van der Waals surface area contributed by atoms with Gasteiger partial charge in [0.15, 0.2) is 5.66 Å². The molecule has 0 aromatic carbocycles. The maximum atomic E-state index is 12.2. The molecule has 3 aliphatic rings. The first kappa shape index (κ1) is 10.6. The molecule has 0 atom stereocenters. The fourth-order valence-electron chi connectivity index (χ4n) is 2.43. The van der Waals surface area contributed by atoms with Crippen LogP contribution in [0.2, 0.25) is 0 Å². The fraction of sp³-hybridized carbons (Fsp3) is 1.00. The summed E-state index contributed by atoms with van der Waals surface area (Å²) in [7, 11) is -3.20. The molecule has 3 aliphatic heterocycles. The second kappa shape index (κ2) is 3.48. The maximum Gasteiger partial charge on any atom is 0.281 e. The second-order valence-electron chi connectivity index (χ2n) is 4.70. The molecule has 7 heteroatoms. The van der Waals surface area contributed by atoms with Crippen molar-refractivity contribution in [2.45, 2.75) is 31.3 Å². The first-order valence-corrected chi connectivity index (χ1v) is 7.21. The van der Waals surface area contributed by atoms with E-state index < -0.39 is 10.2 Å². The van der Waals surface area contributed by atoms with Gasteiger partial charge in [0.25, 0.3) is 10.2 Å². The standard InChI is InChI=1S/C9H16N4O2S/c14-16(15,12-5-1-2-6-12)13-7-3-9(4-8-13)10-11-9/h1-8H2. The van der Waals surface area contributed by atoms with Gasteiger partial charge in [0.2, 0.25) is 0 Å². The van der Waals surface area contributed by atoms with Gasteiger partial charge in [-0.1, -0.05) is 0 Å². The van der Waals surface area contributed by atoms with Gasteiger partial charge in [-0.15, -0.1) is 0 Å². The van der Waals surface area contributed by atoms with Crippen LogP contribution in [0.3, 0.4) is 0 Å². The molecular formula is C9H16N4O2S. The van der Waals surface area contributed by atoms with Gasteiger partial charge in [-0.05, 0) is 12.8 Å². The maximum absolute atomic E-state index is 12.2. The lowest BCUT2D eigenvalue weighted by molar-refractivity contribution is 0.276. The van der Waals surface area contributed by atoms with Gasteiger partial charge in [0.05, 0.1) is 0 Å². The molecule has 0 aliphatic carbocycles. The van der Waals surface area contributed by atoms with E-state index in [0.29, 0.717) is 26.2 Å². The lowest BCUT2D eigenvalue weighted by Crippen LogP contribution is -2.47. The molecule has 0 aromatic heterocycles. The van der Waals surface area contributed by atoms with Gasteiger partial charge < -0.3 is 0 Å². The largest absolute Gasteiger partial charge is 0.281 e. The third-order valence-corrected chi connectivity index (χ3v) is 5.66. The van der Waals surface area contributed by atoms with Gasteiger partial charge >= 0.3 is 0 Å². The van der Waals surface area contributed by atoms with Crippen molar-refractivity contribution in [1.29, 1.82) is 0 Å². The molecule has 3 heterocycles. The van der Waals surface area contributed by atoms with Crippen LogP contribution in [0, 0.1) is 0 Å². The number of hydrogen-bond acceptors (Lipinski definition) is 4. The predicted octanol–water partition coefficient (Wildman–Crippen LogP) is 0.585. The molecule has 0 unspecified atom stereocenters. The van der Waals surface area contributed by atoms with Gasteiger partial charge in [-0.3, -0.25) is 0 Å². The Kier molecular flexibility index (Phi) is 2.31. The minimum Gasteiger partial charge on any atom is -0.195 e. The molecule has 3 rings (SSSR count). The Balaban J connectivity index is 1.67. The number of piperidine rings is 1. The highest BCUT2D eigenvalue weighted by Crippen LogP contribution is 2.39. The molecule has 0 amide bonds. The van der Waals surface area contributed by atoms with Crippen molar-refractivity contribution in [3.63, 3.8) is 0 Å². The molecule has 0 bridgehead atoms. The van der Waals surface area contributed by atoms with E-state index in [1.165, 1.54) is 0 Å². The quantitative estimate of drug-likeness (QED) is 0.713. The average molecular weight is 244 g/mol. The average Bonchev–Trinajstić information content (AvgIpc) is 2.84. The summed E-state index contributed by atoms with van der Waals surface area (Å²) in [4.78, 5) is 0. The molecule has 0 aromatic rings. The summed E-state index contributed by atoms with van der Waals surface area (Å²) in [5, 5.41) is 7.99. The van der Waals surface area contributed by atoms with Crippen molar-refractivity contribution < 1.29 is 8.42 Å². The highest BCUT2D eigenvalue weighted by atomic mass is 32.2. The van der Waals surface area contributed by atoms with E-state index in [0.717, 1.165) is 25.7 Å². The molecule has 2 saturated heterocycles. The Hall–Kier alpha value is -0.530. The zero-order valence-electron chi connectivity index (χ0n) is 9.17. The first-order chi connectivity index (χ1) is 7.62. The lowest BCUT2D eigenvalue weighted by Gasteiger charge is -2.31. The SMILES string of the molecule is O=S(=O)(N1CCCC1)N1CCC2(CC1)N=N2. The van der Waals surface area contributed by atoms with Crippen molar-refractivity contribution in [1.82, 2.24) is 8.61 Å². The molecule has 0 N–H and O–H groups in total. The van der Waals surface area contributed by atoms with Gasteiger partial charge in [0, 0.05) is 39.0 Å². The summed E-state index contributed by atoms with van der Waals surface area (Å²) in [6, 6.07) is 0. The highest BCUT2D eigenvalue weighted by Gasteiger charge is 2.46. The zero-order valence-corrected chi connectivity index (χ0v) is 9.99. The van der Waals surface area contributed by atoms with E-state index in [4.69, 9.17) is 0 Å². The molecule has 6 nitrogen and oxygen atoms in total. The van der Waals surface area contributed by atoms with Crippen LogP contribution >= 0.6 is 0 Å². The Labute approximate surface area is 95.5 Å². The Bertz CT molecular complexity index is 397. The molecule has 0 saturated carbocycles. The minimum atomic E-state index is -3.20. The molecular weight excluding hydrogens is 228 g/mol. The van der Waals surface area contributed by atoms with Crippen molar-refractivity contribution in [3.05, 3.63) is 0 Å². The summed E-state index contributed by atoms with van der Waals surface area (Å²) in [5.74, 6) is 0. The Morgan fingerprint density at radius 3 is 1.88 bits per heavy atom. The molecule has 90 valence electrons. The van der Waals surface area contributed by atoms with E-state index in [1.807, 2.05) is 0 Å². The Morgan fingerprint density at radius 2 is 1.38 bits per heavy atom. The van der Waals surface area contributed by atoms with Crippen LogP contribution < -0.4 is 0 Å². The van der Waals surface area contributed by atoms with Crippen LogP contribution in [0.15, 0.2) is 10.2 Å². The van der Waals surface area contributed by atoms with Crippen LogP contribution in [0.25, 0.3) is 0 Å². The normalized spacial score (nSPS) is 30.0. The van der Waals surface area contributed by atoms with E-state index in [-0.39, 0.29) is 5.66 Å². The Morgan fingerprint density at radius 1 is 0.875 bits per heavy atom. The first-order valence-electron chi connectivity index (χ1n) is 5.82. The third-order valence-electron chi connectivity index (χ3n) is 3.62. The van der Waals surface area contributed by atoms with Crippen molar-refractivity contribution in [2.75, 3.05) is 26.2 Å². The summed E-state index contributed by atoms with van der Waals surface area (Å²) >= 11 is 0. The summed E-state index contributed by atoms with van der Waals surface area (Å²) in [5.41, 5.74) is -0.197. The van der Waals surface area contributed by atoms with Crippen LogP contribution in [-0.4, -0.2) is 48.9 Å². The topological polar surface area (TPSA) is 65.3 Å². The molecule has 16 heavy (non-hydrogen) atoms. The van der Waals surface area contributed by atoms with Gasteiger partial charge in [-0.2, -0.15) is 27.3 Å². The van der Waals surface area contributed by atoms with Crippen molar-refractivity contribution in [3.8, 4) is 0 Å². The number of nitrogens with zero attached hydrogens (tertiary/aromatic N) is 4. The van der Waals surface area contributed by atoms with Crippen LogP contribution in [0.1, 0.15) is 25.7 Å². The molecule has 2 fully saturated rings. The van der Waals surface area contributed by atoms with Crippen LogP contribution in [0.5, 0.6) is 0 Å². The molecule has 1 spiro atoms. The van der Waals surface area contributed by atoms with Crippen LogP contribution in [0.4, 0.5) is 0 Å². The monoisotopic (exact) mass is 244 g/mol. The number of hydrogen-bond donors (Lipinski definition) is 0. The summed E-state index contributed by atoms with van der Waals surface area (Å²) in [6.45, 7) is 2.48. The van der Waals surface area contributed by atoms with E-state index in [9.17, 15) is 8.42 Å². The van der Waals surface area contributed by atoms with Crippen molar-refractivity contribution in [2.24, 2.45) is 10.2 Å². The lowest BCUT2D eigenvalue weighted by atomic mass is 10.0. The second-order valence-corrected chi connectivity index (χ2v) is 6.62. The van der Waals surface area contributed by atoms with Crippen molar-refractivity contribution >= 4 is 10.2 Å².